The van der Waals surface area contributed by atoms with Crippen molar-refractivity contribution in [2.75, 3.05) is 13.1 Å². The normalized spacial score (nSPS) is 11.1. The largest absolute Gasteiger partial charge is 0.357 e. The van der Waals surface area contributed by atoms with E-state index in [1.165, 1.54) is 16.1 Å². The lowest BCUT2D eigenvalue weighted by molar-refractivity contribution is 0.692. The minimum atomic E-state index is 0. The summed E-state index contributed by atoms with van der Waals surface area (Å²) in [6, 6.07) is 8.40. The molecule has 6 heteroatoms. The van der Waals surface area contributed by atoms with Crippen molar-refractivity contribution in [2.45, 2.75) is 46.6 Å². The topological polar surface area (TPSA) is 49.3 Å². The van der Waals surface area contributed by atoms with Gasteiger partial charge in [0.15, 0.2) is 5.96 Å². The van der Waals surface area contributed by atoms with Crippen LogP contribution in [0, 0.1) is 13.8 Å². The SMILES string of the molecule is CCNC(=NCc1ccccc1C)NCCCCc1nc(C)cs1.I. The van der Waals surface area contributed by atoms with Gasteiger partial charge in [-0.3, -0.25) is 0 Å². The first-order valence-electron chi connectivity index (χ1n) is 8.66. The fourth-order valence-corrected chi connectivity index (χ4v) is 3.24. The maximum absolute atomic E-state index is 4.69. The van der Waals surface area contributed by atoms with Gasteiger partial charge < -0.3 is 10.6 Å². The molecular formula is C19H29IN4S. The number of benzene rings is 1. The molecule has 0 saturated heterocycles. The highest BCUT2D eigenvalue weighted by Gasteiger charge is 2.01. The number of nitrogens with zero attached hydrogens (tertiary/aromatic N) is 2. The summed E-state index contributed by atoms with van der Waals surface area (Å²) in [5.41, 5.74) is 3.69. The molecule has 0 aliphatic carbocycles. The van der Waals surface area contributed by atoms with Crippen LogP contribution in [0.15, 0.2) is 34.6 Å². The highest BCUT2D eigenvalue weighted by Crippen LogP contribution is 2.11. The highest BCUT2D eigenvalue weighted by molar-refractivity contribution is 14.0. The first kappa shape index (κ1) is 21.9. The molecule has 0 unspecified atom stereocenters. The Hall–Kier alpha value is -1.15. The zero-order chi connectivity index (χ0) is 17.2. The van der Waals surface area contributed by atoms with Crippen molar-refractivity contribution in [3.05, 3.63) is 51.5 Å². The number of unbranched alkanes of at least 4 members (excludes halogenated alkanes) is 1. The molecule has 1 aromatic carbocycles. The molecular weight excluding hydrogens is 443 g/mol. The minimum Gasteiger partial charge on any atom is -0.357 e. The average Bonchev–Trinajstić information content (AvgIpc) is 2.99. The van der Waals surface area contributed by atoms with Gasteiger partial charge in [-0.25, -0.2) is 9.98 Å². The Labute approximate surface area is 172 Å². The van der Waals surface area contributed by atoms with Crippen molar-refractivity contribution in [3.63, 3.8) is 0 Å². The van der Waals surface area contributed by atoms with Crippen LogP contribution in [0.2, 0.25) is 0 Å². The Morgan fingerprint density at radius 1 is 1.16 bits per heavy atom. The number of nitrogens with one attached hydrogen (secondary N) is 2. The second kappa shape index (κ2) is 12.2. The molecule has 0 aliphatic heterocycles. The maximum Gasteiger partial charge on any atom is 0.191 e. The number of halogens is 1. The standard InChI is InChI=1S/C19H28N4S.HI/c1-4-20-19(22-13-17-10-6-5-9-15(17)2)21-12-8-7-11-18-23-16(3)14-24-18;/h5-6,9-10,14H,4,7-8,11-13H2,1-3H3,(H2,20,21,22);1H. The Bertz CT molecular complexity index is 654. The molecule has 2 aromatic rings. The third kappa shape index (κ3) is 8.18. The molecule has 1 heterocycles. The summed E-state index contributed by atoms with van der Waals surface area (Å²) in [4.78, 5) is 9.19. The van der Waals surface area contributed by atoms with Crippen LogP contribution in [0.1, 0.15) is 41.6 Å². The Morgan fingerprint density at radius 3 is 2.64 bits per heavy atom. The molecule has 0 spiro atoms. The second-order valence-electron chi connectivity index (χ2n) is 5.89. The number of aliphatic imine (C=N–C) groups is 1. The molecule has 1 aromatic heterocycles. The summed E-state index contributed by atoms with van der Waals surface area (Å²) in [6.45, 7) is 8.79. The molecule has 2 rings (SSSR count). The van der Waals surface area contributed by atoms with Crippen LogP contribution in [0.4, 0.5) is 0 Å². The van der Waals surface area contributed by atoms with Gasteiger partial charge in [0.05, 0.1) is 11.6 Å². The van der Waals surface area contributed by atoms with Crippen LogP contribution >= 0.6 is 35.3 Å². The van der Waals surface area contributed by atoms with Crippen LogP contribution in [0.3, 0.4) is 0 Å². The van der Waals surface area contributed by atoms with E-state index >= 15 is 0 Å². The lowest BCUT2D eigenvalue weighted by Crippen LogP contribution is -2.37. The zero-order valence-electron chi connectivity index (χ0n) is 15.3. The van der Waals surface area contributed by atoms with Crippen LogP contribution in [-0.2, 0) is 13.0 Å². The van der Waals surface area contributed by atoms with Crippen molar-refractivity contribution in [2.24, 2.45) is 4.99 Å². The third-order valence-electron chi connectivity index (χ3n) is 3.79. The first-order valence-corrected chi connectivity index (χ1v) is 9.54. The van der Waals surface area contributed by atoms with E-state index < -0.39 is 0 Å². The summed E-state index contributed by atoms with van der Waals surface area (Å²) in [5, 5.41) is 10.1. The zero-order valence-corrected chi connectivity index (χ0v) is 18.5. The smallest absolute Gasteiger partial charge is 0.191 e. The molecule has 138 valence electrons. The Morgan fingerprint density at radius 2 is 1.96 bits per heavy atom. The average molecular weight is 472 g/mol. The van der Waals surface area contributed by atoms with Crippen LogP contribution < -0.4 is 10.6 Å². The summed E-state index contributed by atoms with van der Waals surface area (Å²) < 4.78 is 0. The van der Waals surface area contributed by atoms with Crippen LogP contribution in [-0.4, -0.2) is 24.0 Å². The van der Waals surface area contributed by atoms with E-state index in [1.54, 1.807) is 11.3 Å². The maximum atomic E-state index is 4.69. The minimum absolute atomic E-state index is 0. The Kier molecular flexibility index (Phi) is 10.7. The monoisotopic (exact) mass is 472 g/mol. The van der Waals surface area contributed by atoms with E-state index in [0.29, 0.717) is 6.54 Å². The predicted octanol–water partition coefficient (Wildman–Crippen LogP) is 4.46. The number of aromatic nitrogens is 1. The number of hydrogen-bond acceptors (Lipinski definition) is 3. The molecule has 4 nitrogen and oxygen atoms in total. The fraction of sp³-hybridized carbons (Fsp3) is 0.474. The molecule has 0 aliphatic rings. The van der Waals surface area contributed by atoms with Crippen molar-refractivity contribution >= 4 is 41.3 Å². The number of aryl methyl sites for hydroxylation is 3. The summed E-state index contributed by atoms with van der Waals surface area (Å²) >= 11 is 1.76. The van der Waals surface area contributed by atoms with Gasteiger partial charge in [0.2, 0.25) is 0 Å². The van der Waals surface area contributed by atoms with E-state index in [0.717, 1.165) is 44.0 Å². The molecule has 0 fully saturated rings. The lowest BCUT2D eigenvalue weighted by Gasteiger charge is -2.11. The molecule has 0 radical (unpaired) electrons. The summed E-state index contributed by atoms with van der Waals surface area (Å²) in [5.74, 6) is 0.894. The van der Waals surface area contributed by atoms with Crippen molar-refractivity contribution < 1.29 is 0 Å². The van der Waals surface area contributed by atoms with E-state index in [4.69, 9.17) is 0 Å². The van der Waals surface area contributed by atoms with Crippen molar-refractivity contribution in [3.8, 4) is 0 Å². The lowest BCUT2D eigenvalue weighted by atomic mass is 10.1. The number of thiazole rings is 1. The molecule has 0 saturated carbocycles. The quantitative estimate of drug-likeness (QED) is 0.258. The number of rotatable bonds is 8. The van der Waals surface area contributed by atoms with Gasteiger partial charge in [-0.1, -0.05) is 24.3 Å². The molecule has 0 bridgehead atoms. The van der Waals surface area contributed by atoms with E-state index in [9.17, 15) is 0 Å². The predicted molar refractivity (Wildman–Crippen MR) is 119 cm³/mol. The van der Waals surface area contributed by atoms with Crippen LogP contribution in [0.25, 0.3) is 0 Å². The summed E-state index contributed by atoms with van der Waals surface area (Å²) in [6.07, 6.45) is 3.33. The first-order chi connectivity index (χ1) is 11.7. The van der Waals surface area contributed by atoms with Crippen molar-refractivity contribution in [1.82, 2.24) is 15.6 Å². The van der Waals surface area contributed by atoms with E-state index in [-0.39, 0.29) is 24.0 Å². The number of hydrogen-bond donors (Lipinski definition) is 2. The van der Waals surface area contributed by atoms with Gasteiger partial charge >= 0.3 is 0 Å². The third-order valence-corrected chi connectivity index (χ3v) is 4.82. The van der Waals surface area contributed by atoms with Gasteiger partial charge in [0.1, 0.15) is 0 Å². The van der Waals surface area contributed by atoms with Crippen LogP contribution in [0.5, 0.6) is 0 Å². The van der Waals surface area contributed by atoms with Gasteiger partial charge in [-0.05, 0) is 51.2 Å². The van der Waals surface area contributed by atoms with Crippen molar-refractivity contribution in [1.29, 1.82) is 0 Å². The molecule has 0 atom stereocenters. The highest BCUT2D eigenvalue weighted by atomic mass is 127. The number of guanidine groups is 1. The second-order valence-corrected chi connectivity index (χ2v) is 6.83. The van der Waals surface area contributed by atoms with Gasteiger partial charge in [0, 0.05) is 24.2 Å². The van der Waals surface area contributed by atoms with Gasteiger partial charge in [-0.2, -0.15) is 0 Å². The van der Waals surface area contributed by atoms with E-state index in [2.05, 4.69) is 71.0 Å². The Balaban J connectivity index is 0.00000312. The molecule has 0 amide bonds. The molecule has 2 N–H and O–H groups in total. The van der Waals surface area contributed by atoms with Gasteiger partial charge in [0.25, 0.3) is 0 Å². The van der Waals surface area contributed by atoms with Gasteiger partial charge in [-0.15, -0.1) is 35.3 Å². The fourth-order valence-electron chi connectivity index (χ4n) is 2.42. The van der Waals surface area contributed by atoms with E-state index in [1.807, 2.05) is 0 Å². The molecule has 25 heavy (non-hydrogen) atoms. The summed E-state index contributed by atoms with van der Waals surface area (Å²) in [7, 11) is 0.